The molecular weight excluding hydrogens is 1580 g/mol. The summed E-state index contributed by atoms with van der Waals surface area (Å²) in [5.41, 5.74) is 4.73. The van der Waals surface area contributed by atoms with Gasteiger partial charge in [0, 0.05) is 49.5 Å². The lowest BCUT2D eigenvalue weighted by molar-refractivity contribution is 0.355. The van der Waals surface area contributed by atoms with Gasteiger partial charge in [0.15, 0.2) is 11.5 Å². The molecule has 7 aromatic carbocycles. The minimum Gasteiger partial charge on any atom is -0.497 e. The predicted octanol–water partition coefficient (Wildman–Crippen LogP) is 10.9. The van der Waals surface area contributed by atoms with E-state index in [0.29, 0.717) is 62.5 Å². The van der Waals surface area contributed by atoms with Gasteiger partial charge < -0.3 is 53.8 Å². The Bertz CT molecular complexity index is 6550. The summed E-state index contributed by atoms with van der Waals surface area (Å²) in [6, 6.07) is 56.7. The van der Waals surface area contributed by atoms with Crippen LogP contribution >= 0.6 is 15.9 Å². The van der Waals surface area contributed by atoms with Gasteiger partial charge in [-0.15, -0.1) is 0 Å². The summed E-state index contributed by atoms with van der Waals surface area (Å²) in [6.45, 7) is 3.92. The molecule has 0 amide bonds. The Hall–Kier alpha value is -17.3. The Kier molecular flexibility index (Phi) is 30.8. The third-order valence-corrected chi connectivity index (χ3v) is 16.6. The number of halogens is 3. The fraction of sp³-hybridized carbons (Fsp3) is 0.0723. The highest BCUT2D eigenvalue weighted by molar-refractivity contribution is 9.10. The van der Waals surface area contributed by atoms with Crippen molar-refractivity contribution >= 4 is 15.9 Å². The fourth-order valence-corrected chi connectivity index (χ4v) is 10.7. The number of benzene rings is 7. The van der Waals surface area contributed by atoms with Crippen LogP contribution in [-0.2, 0) is 0 Å². The molecule has 0 atom stereocenters. The van der Waals surface area contributed by atoms with Crippen molar-refractivity contribution < 1.29 is 27.7 Å². The average Bonchev–Trinajstić information content (AvgIpc) is 0.826. The van der Waals surface area contributed by atoms with Crippen molar-refractivity contribution in [3.05, 3.63) is 341 Å². The zero-order valence-electron chi connectivity index (χ0n) is 62.4. The molecular formula is C83H58BrF2N21O11. The van der Waals surface area contributed by atoms with Crippen molar-refractivity contribution in [3.63, 3.8) is 0 Å². The molecule has 0 fully saturated rings. The molecule has 0 radical (unpaired) electrons. The Morgan fingerprint density at radius 3 is 1.02 bits per heavy atom. The third kappa shape index (κ3) is 21.8. The van der Waals surface area contributed by atoms with Crippen molar-refractivity contribution in [2.45, 2.75) is 13.8 Å². The molecule has 0 aliphatic carbocycles. The third-order valence-electron chi connectivity index (χ3n) is 16.0. The number of aromatic amines is 7. The zero-order valence-corrected chi connectivity index (χ0v) is 64.0. The smallest absolute Gasteiger partial charge is 0.269 e. The summed E-state index contributed by atoms with van der Waals surface area (Å²) >= 11 is 3.31. The molecule has 118 heavy (non-hydrogen) atoms. The SMILES string of the molecule is COc1ccc(-c2nc[nH]c(=O)c2C#N)c(OC)c1.COc1ccc(-c2nc[nH]c(=O)c2C#N)cc1OC.Cc1ccc(-c2nc[nH]c(=O)c2C#N)cc1.Cc1cccc(-c2nc[nH]c(=O)c2C#N)c1.N#Cc1c(-c2ccc(Br)cc2)nc[nH]c1=O.N#Cc1c(-c2cccc(F)c2)nc[nH]c1=O.N#Cc1c(-c2ccccc2F)nc[nH]c1=O. The highest BCUT2D eigenvalue weighted by atomic mass is 79.9. The first-order valence-electron chi connectivity index (χ1n) is 33.7. The predicted molar refractivity (Wildman–Crippen MR) is 428 cm³/mol. The van der Waals surface area contributed by atoms with E-state index in [1.54, 1.807) is 79.9 Å². The van der Waals surface area contributed by atoms with Crippen LogP contribution in [0.4, 0.5) is 8.78 Å². The van der Waals surface area contributed by atoms with E-state index in [-0.39, 0.29) is 61.6 Å². The van der Waals surface area contributed by atoms with Crippen LogP contribution in [-0.4, -0.2) is 98.2 Å². The van der Waals surface area contributed by atoms with Crippen LogP contribution in [0, 0.1) is 105 Å². The first kappa shape index (κ1) is 86.3. The number of aryl methyl sites for hydroxylation is 2. The van der Waals surface area contributed by atoms with Gasteiger partial charge in [0.25, 0.3) is 38.9 Å². The standard InChI is InChI=1S/2C13H11N3O3.2C12H9N3O.C11H6BrN3O.2C11H6FN3O/c1-18-10-4-3-8(5-11(10)19-2)12-9(6-14)13(17)16-7-15-12;1-18-8-3-4-9(11(5-8)19-2)12-10(6-14)13(17)16-7-15-12;1-8-2-4-9(5-3-8)11-10(6-13)12(16)15-7-14-11;1-8-3-2-4-9(5-8)11-10(6-13)12(16)15-7-14-11;12-8-3-1-7(2-4-8)10-9(5-13)11(16)15-6-14-10;12-8-3-1-2-7(4-8)10-9(5-13)11(16)15-6-14-10;12-9-4-2-1-3-7(9)10-8(5-13)11(16)15-6-14-10/h2*3-5,7H,1-2H3,(H,15,16,17);2*2-5,7H,1H3,(H,14,15,16);3*1-4,6H,(H,14,15,16). The average molecular weight is 1640 g/mol. The van der Waals surface area contributed by atoms with Gasteiger partial charge in [-0.2, -0.15) is 36.8 Å². The fourth-order valence-electron chi connectivity index (χ4n) is 10.4. The van der Waals surface area contributed by atoms with Gasteiger partial charge >= 0.3 is 0 Å². The number of nitrogens with zero attached hydrogens (tertiary/aromatic N) is 14. The summed E-state index contributed by atoms with van der Waals surface area (Å²) in [5, 5.41) is 62.4. The van der Waals surface area contributed by atoms with Gasteiger partial charge in [-0.05, 0) is 86.6 Å². The van der Waals surface area contributed by atoms with E-state index in [4.69, 9.17) is 55.8 Å². The summed E-state index contributed by atoms with van der Waals surface area (Å²) < 4.78 is 48.0. The van der Waals surface area contributed by atoms with E-state index in [1.807, 2.05) is 105 Å². The number of aromatic nitrogens is 14. The van der Waals surface area contributed by atoms with Crippen molar-refractivity contribution in [1.29, 1.82) is 36.8 Å². The lowest BCUT2D eigenvalue weighted by Gasteiger charge is -2.10. The molecule has 14 aromatic rings. The van der Waals surface area contributed by atoms with E-state index in [9.17, 15) is 42.3 Å². The Balaban J connectivity index is 0.000000172. The van der Waals surface area contributed by atoms with E-state index >= 15 is 0 Å². The van der Waals surface area contributed by atoms with Crippen LogP contribution in [0.5, 0.6) is 23.0 Å². The summed E-state index contributed by atoms with van der Waals surface area (Å²) in [5.74, 6) is 1.21. The monoisotopic (exact) mass is 1640 g/mol. The molecule has 582 valence electrons. The van der Waals surface area contributed by atoms with Gasteiger partial charge in [-0.1, -0.05) is 106 Å². The van der Waals surface area contributed by atoms with Gasteiger partial charge in [0.2, 0.25) is 0 Å². The second kappa shape index (κ2) is 42.2. The summed E-state index contributed by atoms with van der Waals surface area (Å²) in [6.07, 6.45) is 8.74. The van der Waals surface area contributed by atoms with Crippen molar-refractivity contribution in [3.8, 4) is 144 Å². The number of hydrogen-bond acceptors (Lipinski definition) is 25. The molecule has 0 saturated carbocycles. The molecule has 0 spiro atoms. The van der Waals surface area contributed by atoms with Gasteiger partial charge in [-0.3, -0.25) is 33.6 Å². The molecule has 7 heterocycles. The maximum Gasteiger partial charge on any atom is 0.269 e. The van der Waals surface area contributed by atoms with Crippen LogP contribution in [0.15, 0.2) is 240 Å². The maximum atomic E-state index is 13.5. The van der Waals surface area contributed by atoms with E-state index < -0.39 is 50.5 Å². The minimum absolute atomic E-state index is 0.0322. The largest absolute Gasteiger partial charge is 0.497 e. The zero-order chi connectivity index (χ0) is 85.4. The topological polar surface area (TPSA) is 524 Å². The number of hydrogen-bond donors (Lipinski definition) is 7. The quantitative estimate of drug-likeness (QED) is 0.0632. The summed E-state index contributed by atoms with van der Waals surface area (Å²) in [4.78, 5) is 124. The first-order chi connectivity index (χ1) is 57.0. The minimum atomic E-state index is -0.573. The van der Waals surface area contributed by atoms with E-state index in [2.05, 4.69) is 85.7 Å². The Morgan fingerprint density at radius 1 is 0.305 bits per heavy atom. The molecule has 0 unspecified atom stereocenters. The van der Waals surface area contributed by atoms with Crippen LogP contribution in [0.1, 0.15) is 50.1 Å². The molecule has 7 aromatic heterocycles. The number of nitriles is 7. The number of methoxy groups -OCH3 is 4. The molecule has 35 heteroatoms. The Labute approximate surface area is 674 Å². The molecule has 0 saturated heterocycles. The number of nitrogens with one attached hydrogen (secondary N) is 7. The molecule has 0 aliphatic rings. The van der Waals surface area contributed by atoms with E-state index in [1.165, 1.54) is 95.7 Å². The number of H-pyrrole nitrogens is 7. The van der Waals surface area contributed by atoms with Crippen LogP contribution in [0.2, 0.25) is 0 Å². The highest BCUT2D eigenvalue weighted by Gasteiger charge is 2.19. The highest BCUT2D eigenvalue weighted by Crippen LogP contribution is 2.34. The van der Waals surface area contributed by atoms with Crippen molar-refractivity contribution in [2.75, 3.05) is 28.4 Å². The number of ether oxygens (including phenoxy) is 4. The maximum absolute atomic E-state index is 13.5. The molecule has 0 aliphatic heterocycles. The number of rotatable bonds is 11. The normalized spacial score (nSPS) is 9.75. The molecule has 0 bridgehead atoms. The van der Waals surface area contributed by atoms with Gasteiger partial charge in [-0.25, -0.2) is 43.7 Å². The first-order valence-corrected chi connectivity index (χ1v) is 34.5. The second-order valence-corrected chi connectivity index (χ2v) is 24.3. The molecule has 32 nitrogen and oxygen atoms in total. The van der Waals surface area contributed by atoms with Crippen LogP contribution < -0.4 is 57.9 Å². The van der Waals surface area contributed by atoms with Crippen LogP contribution in [0.3, 0.4) is 0 Å². The lowest BCUT2D eigenvalue weighted by Crippen LogP contribution is -2.12. The summed E-state index contributed by atoms with van der Waals surface area (Å²) in [7, 11) is 6.08. The molecule has 14 rings (SSSR count). The second-order valence-electron chi connectivity index (χ2n) is 23.3. The van der Waals surface area contributed by atoms with Gasteiger partial charge in [0.1, 0.15) is 105 Å². The van der Waals surface area contributed by atoms with Crippen LogP contribution in [0.25, 0.3) is 78.8 Å². The Morgan fingerprint density at radius 2 is 0.644 bits per heavy atom. The van der Waals surface area contributed by atoms with Crippen molar-refractivity contribution in [2.24, 2.45) is 0 Å². The van der Waals surface area contributed by atoms with E-state index in [0.717, 1.165) is 38.6 Å². The molecule has 7 N–H and O–H groups in total. The van der Waals surface area contributed by atoms with Crippen molar-refractivity contribution in [1.82, 2.24) is 69.8 Å². The lowest BCUT2D eigenvalue weighted by atomic mass is 10.1. The van der Waals surface area contributed by atoms with Gasteiger partial charge in [0.05, 0.1) is 113 Å².